The third-order valence-electron chi connectivity index (χ3n) is 2.27. The van der Waals surface area contributed by atoms with Crippen molar-refractivity contribution in [3.05, 3.63) is 29.8 Å². The molecule has 0 radical (unpaired) electrons. The highest BCUT2D eigenvalue weighted by Crippen LogP contribution is 2.19. The Bertz CT molecular complexity index is 319. The zero-order valence-corrected chi connectivity index (χ0v) is 10.7. The monoisotopic (exact) mass is 238 g/mol. The predicted molar refractivity (Wildman–Crippen MR) is 68.3 cm³/mol. The Morgan fingerprint density at radius 1 is 1.25 bits per heavy atom. The molecule has 0 aliphatic heterocycles. The molecule has 1 rings (SSSR count). The zero-order valence-electron chi connectivity index (χ0n) is 9.86. The first-order valence-corrected chi connectivity index (χ1v) is 6.45. The second kappa shape index (κ2) is 7.47. The average molecular weight is 238 g/mol. The van der Waals surface area contributed by atoms with Crippen molar-refractivity contribution in [1.29, 1.82) is 0 Å². The summed E-state index contributed by atoms with van der Waals surface area (Å²) in [5, 5.41) is 0. The highest BCUT2D eigenvalue weighted by Gasteiger charge is 1.99. The zero-order chi connectivity index (χ0) is 11.8. The first-order valence-electron chi connectivity index (χ1n) is 5.47. The molecule has 1 aromatic carbocycles. The minimum Gasteiger partial charge on any atom is -0.385 e. The van der Waals surface area contributed by atoms with Crippen LogP contribution in [0.15, 0.2) is 29.2 Å². The van der Waals surface area contributed by atoms with Crippen LogP contribution in [0.25, 0.3) is 0 Å². The van der Waals surface area contributed by atoms with E-state index in [9.17, 15) is 4.79 Å². The number of rotatable bonds is 7. The molecule has 0 spiro atoms. The minimum atomic E-state index is 0.122. The van der Waals surface area contributed by atoms with Crippen LogP contribution in [0, 0.1) is 0 Å². The normalized spacial score (nSPS) is 10.4. The maximum absolute atomic E-state index is 11.1. The topological polar surface area (TPSA) is 26.3 Å². The number of methoxy groups -OCH3 is 1. The molecule has 0 bridgehead atoms. The number of unbranched alkanes of at least 4 members (excludes halogenated alkanes) is 1. The predicted octanol–water partition coefficient (Wildman–Crippen LogP) is 3.41. The summed E-state index contributed by atoms with van der Waals surface area (Å²) in [7, 11) is 1.73. The standard InChI is InChI=1S/C13H18O2S/c1-11(14)12-5-7-13(8-6-12)16-10-4-3-9-15-2/h5-8H,3-4,9-10H2,1-2H3. The maximum atomic E-state index is 11.1. The summed E-state index contributed by atoms with van der Waals surface area (Å²) in [6.07, 6.45) is 2.27. The molecule has 0 fully saturated rings. The fourth-order valence-corrected chi connectivity index (χ4v) is 2.24. The van der Waals surface area contributed by atoms with Gasteiger partial charge in [0.15, 0.2) is 5.78 Å². The summed E-state index contributed by atoms with van der Waals surface area (Å²) in [4.78, 5) is 12.3. The third kappa shape index (κ3) is 4.81. The molecule has 0 heterocycles. The van der Waals surface area contributed by atoms with E-state index in [4.69, 9.17) is 4.74 Å². The molecule has 0 amide bonds. The summed E-state index contributed by atoms with van der Waals surface area (Å²) in [5.41, 5.74) is 0.781. The van der Waals surface area contributed by atoms with E-state index in [2.05, 4.69) is 0 Å². The SMILES string of the molecule is COCCCCSc1ccc(C(C)=O)cc1. The average Bonchev–Trinajstić information content (AvgIpc) is 2.29. The van der Waals surface area contributed by atoms with Crippen LogP contribution in [0.4, 0.5) is 0 Å². The number of carbonyl (C=O) groups is 1. The van der Waals surface area contributed by atoms with Crippen molar-refractivity contribution in [3.8, 4) is 0 Å². The number of hydrogen-bond acceptors (Lipinski definition) is 3. The molecule has 0 aromatic heterocycles. The molecule has 0 N–H and O–H groups in total. The van der Waals surface area contributed by atoms with E-state index < -0.39 is 0 Å². The summed E-state index contributed by atoms with van der Waals surface area (Å²) < 4.78 is 4.99. The number of benzene rings is 1. The number of thioether (sulfide) groups is 1. The van der Waals surface area contributed by atoms with Gasteiger partial charge in [-0.1, -0.05) is 12.1 Å². The molecule has 0 aliphatic carbocycles. The molecular weight excluding hydrogens is 220 g/mol. The van der Waals surface area contributed by atoms with Gasteiger partial charge >= 0.3 is 0 Å². The van der Waals surface area contributed by atoms with Gasteiger partial charge in [-0.2, -0.15) is 0 Å². The molecule has 0 aliphatic rings. The molecule has 0 atom stereocenters. The summed E-state index contributed by atoms with van der Waals surface area (Å²) >= 11 is 1.82. The van der Waals surface area contributed by atoms with Crippen LogP contribution in [0.1, 0.15) is 30.1 Å². The Hall–Kier alpha value is -0.800. The number of ketones is 1. The fraction of sp³-hybridized carbons (Fsp3) is 0.462. The van der Waals surface area contributed by atoms with Crippen molar-refractivity contribution in [2.24, 2.45) is 0 Å². The maximum Gasteiger partial charge on any atom is 0.159 e. The number of Topliss-reactive ketones (excluding diaryl/α,β-unsaturated/α-hetero) is 1. The molecule has 1 aromatic rings. The minimum absolute atomic E-state index is 0.122. The van der Waals surface area contributed by atoms with E-state index in [1.807, 2.05) is 36.0 Å². The Morgan fingerprint density at radius 3 is 2.50 bits per heavy atom. The van der Waals surface area contributed by atoms with E-state index in [-0.39, 0.29) is 5.78 Å². The van der Waals surface area contributed by atoms with Gasteiger partial charge in [-0.05, 0) is 37.7 Å². The quantitative estimate of drug-likeness (QED) is 0.414. The van der Waals surface area contributed by atoms with Crippen molar-refractivity contribution < 1.29 is 9.53 Å². The summed E-state index contributed by atoms with van der Waals surface area (Å²) in [6, 6.07) is 7.80. The van der Waals surface area contributed by atoms with Gasteiger partial charge in [-0.15, -0.1) is 11.8 Å². The van der Waals surface area contributed by atoms with Crippen LogP contribution in [-0.4, -0.2) is 25.3 Å². The number of hydrogen-bond donors (Lipinski definition) is 0. The molecule has 88 valence electrons. The Labute approximate surface area is 101 Å². The Balaban J connectivity index is 2.29. The highest BCUT2D eigenvalue weighted by atomic mass is 32.2. The van der Waals surface area contributed by atoms with E-state index >= 15 is 0 Å². The second-order valence-corrected chi connectivity index (χ2v) is 4.80. The summed E-state index contributed by atoms with van der Waals surface area (Å²) in [5.74, 6) is 1.22. The van der Waals surface area contributed by atoms with Gasteiger partial charge in [-0.25, -0.2) is 0 Å². The van der Waals surface area contributed by atoms with Gasteiger partial charge in [0.2, 0.25) is 0 Å². The van der Waals surface area contributed by atoms with Gasteiger partial charge in [0.1, 0.15) is 0 Å². The largest absolute Gasteiger partial charge is 0.385 e. The Kier molecular flexibility index (Phi) is 6.19. The molecule has 3 heteroatoms. The lowest BCUT2D eigenvalue weighted by Crippen LogP contribution is -1.91. The molecule has 0 unspecified atom stereocenters. The second-order valence-electron chi connectivity index (χ2n) is 3.63. The van der Waals surface area contributed by atoms with Crippen molar-refractivity contribution in [3.63, 3.8) is 0 Å². The van der Waals surface area contributed by atoms with Crippen molar-refractivity contribution in [2.75, 3.05) is 19.5 Å². The molecule has 2 nitrogen and oxygen atoms in total. The van der Waals surface area contributed by atoms with Crippen molar-refractivity contribution in [1.82, 2.24) is 0 Å². The third-order valence-corrected chi connectivity index (χ3v) is 3.37. The van der Waals surface area contributed by atoms with Crippen LogP contribution in [0.3, 0.4) is 0 Å². The van der Waals surface area contributed by atoms with Crippen LogP contribution in [0.2, 0.25) is 0 Å². The van der Waals surface area contributed by atoms with Crippen LogP contribution in [-0.2, 0) is 4.74 Å². The highest BCUT2D eigenvalue weighted by molar-refractivity contribution is 7.99. The lowest BCUT2D eigenvalue weighted by molar-refractivity contribution is 0.101. The van der Waals surface area contributed by atoms with E-state index in [0.29, 0.717) is 0 Å². The first kappa shape index (κ1) is 13.3. The lowest BCUT2D eigenvalue weighted by atomic mass is 10.2. The first-order chi connectivity index (χ1) is 7.74. The van der Waals surface area contributed by atoms with E-state index in [1.165, 1.54) is 4.90 Å². The van der Waals surface area contributed by atoms with E-state index in [1.54, 1.807) is 14.0 Å². The molecule has 0 saturated heterocycles. The lowest BCUT2D eigenvalue weighted by Gasteiger charge is -2.02. The Morgan fingerprint density at radius 2 is 1.94 bits per heavy atom. The van der Waals surface area contributed by atoms with Crippen molar-refractivity contribution in [2.45, 2.75) is 24.7 Å². The van der Waals surface area contributed by atoms with Crippen molar-refractivity contribution >= 4 is 17.5 Å². The van der Waals surface area contributed by atoms with Gasteiger partial charge in [-0.3, -0.25) is 4.79 Å². The van der Waals surface area contributed by atoms with Gasteiger partial charge in [0, 0.05) is 24.2 Å². The fourth-order valence-electron chi connectivity index (χ4n) is 1.32. The number of carbonyl (C=O) groups excluding carboxylic acids is 1. The van der Waals surface area contributed by atoms with E-state index in [0.717, 1.165) is 30.8 Å². The molecule has 16 heavy (non-hydrogen) atoms. The molecule has 0 saturated carbocycles. The van der Waals surface area contributed by atoms with Gasteiger partial charge in [0.25, 0.3) is 0 Å². The molecular formula is C13H18O2S. The van der Waals surface area contributed by atoms with Crippen LogP contribution in [0.5, 0.6) is 0 Å². The summed E-state index contributed by atoms with van der Waals surface area (Å²) in [6.45, 7) is 2.43. The van der Waals surface area contributed by atoms with Crippen LogP contribution >= 0.6 is 11.8 Å². The smallest absolute Gasteiger partial charge is 0.159 e. The van der Waals surface area contributed by atoms with Gasteiger partial charge < -0.3 is 4.74 Å². The van der Waals surface area contributed by atoms with Gasteiger partial charge in [0.05, 0.1) is 0 Å². The number of ether oxygens (including phenoxy) is 1. The van der Waals surface area contributed by atoms with Crippen LogP contribution < -0.4 is 0 Å².